The van der Waals surface area contributed by atoms with Gasteiger partial charge in [-0.1, -0.05) is 42.5 Å². The van der Waals surface area contributed by atoms with Crippen LogP contribution in [0.25, 0.3) is 10.8 Å². The van der Waals surface area contributed by atoms with Gasteiger partial charge in [0.1, 0.15) is 5.82 Å². The third-order valence-corrected chi connectivity index (χ3v) is 4.00. The Labute approximate surface area is 147 Å². The van der Waals surface area contributed by atoms with Crippen LogP contribution in [0.5, 0.6) is 0 Å². The molecule has 0 saturated carbocycles. The number of alkyl halides is 3. The van der Waals surface area contributed by atoms with Crippen molar-refractivity contribution < 1.29 is 22.4 Å². The Balaban J connectivity index is 1.66. The lowest BCUT2D eigenvalue weighted by Gasteiger charge is -2.10. The summed E-state index contributed by atoms with van der Waals surface area (Å²) in [6, 6.07) is 15.5. The number of benzene rings is 3. The molecular weight excluding hydrogens is 346 g/mol. The highest BCUT2D eigenvalue weighted by Gasteiger charge is 2.31. The summed E-state index contributed by atoms with van der Waals surface area (Å²) >= 11 is 0. The molecule has 0 aliphatic heterocycles. The first kappa shape index (κ1) is 17.9. The summed E-state index contributed by atoms with van der Waals surface area (Å²) in [6.45, 7) is 0.231. The Morgan fingerprint density at radius 1 is 0.923 bits per heavy atom. The second kappa shape index (κ2) is 7.15. The molecule has 0 bridgehead atoms. The van der Waals surface area contributed by atoms with Gasteiger partial charge in [-0.05, 0) is 41.0 Å². The van der Waals surface area contributed by atoms with Crippen LogP contribution in [0.2, 0.25) is 0 Å². The largest absolute Gasteiger partial charge is 0.416 e. The highest BCUT2D eigenvalue weighted by atomic mass is 19.4. The number of carbonyl (C=O) groups excluding carboxylic acids is 1. The second-order valence-electron chi connectivity index (χ2n) is 5.91. The van der Waals surface area contributed by atoms with Crippen molar-refractivity contribution in [1.82, 2.24) is 5.32 Å². The minimum atomic E-state index is -4.71. The van der Waals surface area contributed by atoms with Crippen LogP contribution < -0.4 is 5.32 Å². The van der Waals surface area contributed by atoms with Gasteiger partial charge in [0.2, 0.25) is 0 Å². The van der Waals surface area contributed by atoms with Crippen LogP contribution in [0.15, 0.2) is 60.7 Å². The smallest absolute Gasteiger partial charge is 0.352 e. The molecule has 0 radical (unpaired) electrons. The molecule has 0 heterocycles. The van der Waals surface area contributed by atoms with Crippen molar-refractivity contribution in [2.24, 2.45) is 0 Å². The first-order valence-electron chi connectivity index (χ1n) is 7.96. The van der Waals surface area contributed by atoms with Crippen molar-refractivity contribution in [3.05, 3.63) is 83.2 Å². The van der Waals surface area contributed by atoms with Gasteiger partial charge in [-0.2, -0.15) is 13.2 Å². The normalized spacial score (nSPS) is 11.5. The number of hydrogen-bond donors (Lipinski definition) is 1. The summed E-state index contributed by atoms with van der Waals surface area (Å²) in [5, 5.41) is 4.69. The van der Waals surface area contributed by atoms with Crippen LogP contribution in [0.1, 0.15) is 21.5 Å². The monoisotopic (exact) mass is 361 g/mol. The van der Waals surface area contributed by atoms with Gasteiger partial charge in [0.05, 0.1) is 5.56 Å². The standard InChI is InChI=1S/C20H15F4NO/c21-18-11-16(10-17(12-18)20(22,23)24)19(26)25-8-7-13-5-6-14-3-1-2-4-15(14)9-13/h1-6,9-12H,7-8H2,(H,25,26). The van der Waals surface area contributed by atoms with Crippen molar-refractivity contribution in [2.75, 3.05) is 6.54 Å². The van der Waals surface area contributed by atoms with Gasteiger partial charge in [0, 0.05) is 12.1 Å². The quantitative estimate of drug-likeness (QED) is 0.653. The topological polar surface area (TPSA) is 29.1 Å². The summed E-state index contributed by atoms with van der Waals surface area (Å²) < 4.78 is 51.5. The first-order valence-corrected chi connectivity index (χ1v) is 7.96. The van der Waals surface area contributed by atoms with E-state index in [9.17, 15) is 22.4 Å². The minimum Gasteiger partial charge on any atom is -0.352 e. The molecule has 134 valence electrons. The van der Waals surface area contributed by atoms with Crippen LogP contribution in [0.3, 0.4) is 0 Å². The number of fused-ring (bicyclic) bond motifs is 1. The molecule has 0 aliphatic rings. The highest BCUT2D eigenvalue weighted by Crippen LogP contribution is 2.30. The molecule has 0 saturated heterocycles. The predicted octanol–water partition coefficient (Wildman–Crippen LogP) is 4.97. The van der Waals surface area contributed by atoms with Crippen molar-refractivity contribution in [3.8, 4) is 0 Å². The second-order valence-corrected chi connectivity index (χ2v) is 5.91. The lowest BCUT2D eigenvalue weighted by atomic mass is 10.1. The van der Waals surface area contributed by atoms with Gasteiger partial charge >= 0.3 is 6.18 Å². The van der Waals surface area contributed by atoms with Crippen LogP contribution in [0.4, 0.5) is 17.6 Å². The SMILES string of the molecule is O=C(NCCc1ccc2ccccc2c1)c1cc(F)cc(C(F)(F)F)c1. The molecule has 6 heteroatoms. The fourth-order valence-corrected chi connectivity index (χ4v) is 2.70. The Hall–Kier alpha value is -2.89. The maximum absolute atomic E-state index is 13.4. The number of halogens is 4. The number of hydrogen-bond acceptors (Lipinski definition) is 1. The summed E-state index contributed by atoms with van der Waals surface area (Å²) in [5.41, 5.74) is -0.549. The van der Waals surface area contributed by atoms with E-state index in [0.29, 0.717) is 18.6 Å². The lowest BCUT2D eigenvalue weighted by molar-refractivity contribution is -0.137. The molecule has 3 aromatic carbocycles. The zero-order chi connectivity index (χ0) is 18.7. The van der Waals surface area contributed by atoms with Crippen LogP contribution >= 0.6 is 0 Å². The zero-order valence-electron chi connectivity index (χ0n) is 13.6. The number of carbonyl (C=O) groups is 1. The summed E-state index contributed by atoms with van der Waals surface area (Å²) in [5.74, 6) is -1.84. The van der Waals surface area contributed by atoms with E-state index < -0.39 is 23.5 Å². The fraction of sp³-hybridized carbons (Fsp3) is 0.150. The van der Waals surface area contributed by atoms with Gasteiger partial charge in [-0.15, -0.1) is 0 Å². The maximum atomic E-state index is 13.4. The Kier molecular flexibility index (Phi) is 4.93. The third kappa shape index (κ3) is 4.20. The molecule has 0 aromatic heterocycles. The van der Waals surface area contributed by atoms with E-state index >= 15 is 0 Å². The molecule has 0 spiro atoms. The van der Waals surface area contributed by atoms with Gasteiger partial charge in [-0.3, -0.25) is 4.79 Å². The lowest BCUT2D eigenvalue weighted by Crippen LogP contribution is -2.26. The molecule has 2 nitrogen and oxygen atoms in total. The van der Waals surface area contributed by atoms with E-state index in [2.05, 4.69) is 5.32 Å². The van der Waals surface area contributed by atoms with Crippen LogP contribution in [0, 0.1) is 5.82 Å². The molecule has 1 N–H and O–H groups in total. The Bertz CT molecular complexity index is 950. The van der Waals surface area contributed by atoms with Crippen molar-refractivity contribution in [3.63, 3.8) is 0 Å². The summed E-state index contributed by atoms with van der Waals surface area (Å²) in [6.07, 6.45) is -4.19. The number of nitrogens with one attached hydrogen (secondary N) is 1. The number of amides is 1. The summed E-state index contributed by atoms with van der Waals surface area (Å²) in [4.78, 5) is 12.0. The van der Waals surface area contributed by atoms with Crippen molar-refractivity contribution in [2.45, 2.75) is 12.6 Å². The van der Waals surface area contributed by atoms with Crippen molar-refractivity contribution >= 4 is 16.7 Å². The Morgan fingerprint density at radius 2 is 1.65 bits per heavy atom. The summed E-state index contributed by atoms with van der Waals surface area (Å²) in [7, 11) is 0. The van der Waals surface area contributed by atoms with Crippen molar-refractivity contribution in [1.29, 1.82) is 0 Å². The molecule has 0 atom stereocenters. The third-order valence-electron chi connectivity index (χ3n) is 4.00. The molecule has 26 heavy (non-hydrogen) atoms. The molecule has 3 aromatic rings. The molecule has 0 aliphatic carbocycles. The van der Waals surface area contributed by atoms with Gasteiger partial charge in [0.25, 0.3) is 5.91 Å². The number of rotatable bonds is 4. The van der Waals surface area contributed by atoms with Crippen LogP contribution in [-0.2, 0) is 12.6 Å². The predicted molar refractivity (Wildman–Crippen MR) is 91.4 cm³/mol. The molecule has 0 unspecified atom stereocenters. The van der Waals surface area contributed by atoms with E-state index in [0.717, 1.165) is 22.4 Å². The van der Waals surface area contributed by atoms with Gasteiger partial charge < -0.3 is 5.32 Å². The molecule has 0 fully saturated rings. The van der Waals surface area contributed by atoms with E-state index in [4.69, 9.17) is 0 Å². The average molecular weight is 361 g/mol. The van der Waals surface area contributed by atoms with Crippen LogP contribution in [-0.4, -0.2) is 12.5 Å². The van der Waals surface area contributed by atoms with Gasteiger partial charge in [0.15, 0.2) is 0 Å². The Morgan fingerprint density at radius 3 is 2.38 bits per heavy atom. The highest BCUT2D eigenvalue weighted by molar-refractivity contribution is 5.94. The first-order chi connectivity index (χ1) is 12.3. The van der Waals surface area contributed by atoms with E-state index in [1.807, 2.05) is 42.5 Å². The molecule has 1 amide bonds. The van der Waals surface area contributed by atoms with E-state index in [-0.39, 0.29) is 12.1 Å². The molecule has 3 rings (SSSR count). The fourth-order valence-electron chi connectivity index (χ4n) is 2.70. The van der Waals surface area contributed by atoms with E-state index in [1.54, 1.807) is 0 Å². The van der Waals surface area contributed by atoms with Gasteiger partial charge in [-0.25, -0.2) is 4.39 Å². The zero-order valence-corrected chi connectivity index (χ0v) is 13.6. The minimum absolute atomic E-state index is 0.231. The average Bonchev–Trinajstić information content (AvgIpc) is 2.60. The van der Waals surface area contributed by atoms with E-state index in [1.165, 1.54) is 0 Å². The maximum Gasteiger partial charge on any atom is 0.416 e. The molecular formula is C20H15F4NO.